The van der Waals surface area contributed by atoms with E-state index in [-0.39, 0.29) is 11.3 Å². The van der Waals surface area contributed by atoms with Crippen LogP contribution in [0.4, 0.5) is 5.69 Å². The van der Waals surface area contributed by atoms with Crippen LogP contribution in [0.1, 0.15) is 28.9 Å². The third kappa shape index (κ3) is 4.32. The highest BCUT2D eigenvalue weighted by Crippen LogP contribution is 2.29. The molecule has 0 aromatic heterocycles. The highest BCUT2D eigenvalue weighted by atomic mass is 16.6. The van der Waals surface area contributed by atoms with Gasteiger partial charge in [-0.3, -0.25) is 19.7 Å². The summed E-state index contributed by atoms with van der Waals surface area (Å²) >= 11 is 0. The van der Waals surface area contributed by atoms with Gasteiger partial charge in [0.1, 0.15) is 5.75 Å². The van der Waals surface area contributed by atoms with Crippen LogP contribution >= 0.6 is 0 Å². The zero-order chi connectivity index (χ0) is 19.3. The van der Waals surface area contributed by atoms with Crippen molar-refractivity contribution in [1.29, 1.82) is 0 Å². The molecule has 0 bridgehead atoms. The zero-order valence-electron chi connectivity index (χ0n) is 14.3. The van der Waals surface area contributed by atoms with Crippen LogP contribution in [-0.2, 0) is 9.53 Å². The number of nitro groups is 1. The van der Waals surface area contributed by atoms with Gasteiger partial charge in [0.2, 0.25) is 0 Å². The molecule has 0 aliphatic rings. The Morgan fingerprint density at radius 2 is 1.65 bits per heavy atom. The van der Waals surface area contributed by atoms with E-state index in [1.165, 1.54) is 38.3 Å². The second kappa shape index (κ2) is 8.06. The quantitative estimate of drug-likeness (QED) is 0.247. The van der Waals surface area contributed by atoms with E-state index in [2.05, 4.69) is 6.58 Å². The Balaban J connectivity index is 2.32. The van der Waals surface area contributed by atoms with Crippen molar-refractivity contribution >= 4 is 17.4 Å². The standard InChI is InChI=1S/C19H17NO6/c1-12(18(22)14-6-10-17(25-3)11-7-14)19(26-13(2)21)15-4-8-16(9-5-15)20(23)24/h4-11,19H,1H2,2-3H3. The summed E-state index contributed by atoms with van der Waals surface area (Å²) in [5, 5.41) is 10.8. The molecule has 1 unspecified atom stereocenters. The highest BCUT2D eigenvalue weighted by molar-refractivity contribution is 6.09. The number of benzene rings is 2. The smallest absolute Gasteiger partial charge is 0.303 e. The topological polar surface area (TPSA) is 95.7 Å². The number of ketones is 1. The lowest BCUT2D eigenvalue weighted by Crippen LogP contribution is -2.16. The molecule has 0 fully saturated rings. The van der Waals surface area contributed by atoms with Crippen molar-refractivity contribution in [3.05, 3.63) is 81.9 Å². The zero-order valence-corrected chi connectivity index (χ0v) is 14.3. The number of carbonyl (C=O) groups is 2. The highest BCUT2D eigenvalue weighted by Gasteiger charge is 2.25. The Morgan fingerprint density at radius 3 is 2.12 bits per heavy atom. The van der Waals surface area contributed by atoms with E-state index < -0.39 is 22.8 Å². The monoisotopic (exact) mass is 355 g/mol. The molecule has 134 valence electrons. The van der Waals surface area contributed by atoms with Gasteiger partial charge in [-0.15, -0.1) is 0 Å². The molecule has 0 amide bonds. The van der Waals surface area contributed by atoms with Gasteiger partial charge in [0.15, 0.2) is 11.9 Å². The van der Waals surface area contributed by atoms with Gasteiger partial charge < -0.3 is 9.47 Å². The van der Waals surface area contributed by atoms with Crippen LogP contribution in [0.25, 0.3) is 0 Å². The van der Waals surface area contributed by atoms with Gasteiger partial charge in [0, 0.05) is 30.2 Å². The summed E-state index contributed by atoms with van der Waals surface area (Å²) in [4.78, 5) is 34.4. The summed E-state index contributed by atoms with van der Waals surface area (Å²) in [5.41, 5.74) is 0.703. The largest absolute Gasteiger partial charge is 0.497 e. The van der Waals surface area contributed by atoms with Crippen molar-refractivity contribution in [2.75, 3.05) is 7.11 Å². The number of ether oxygens (including phenoxy) is 2. The third-order valence-electron chi connectivity index (χ3n) is 3.65. The van der Waals surface area contributed by atoms with Crippen molar-refractivity contribution in [1.82, 2.24) is 0 Å². The summed E-state index contributed by atoms with van der Waals surface area (Å²) in [6.07, 6.45) is -1.04. The van der Waals surface area contributed by atoms with E-state index in [4.69, 9.17) is 9.47 Å². The Bertz CT molecular complexity index is 839. The molecule has 0 aliphatic carbocycles. The van der Waals surface area contributed by atoms with Crippen LogP contribution in [0.2, 0.25) is 0 Å². The predicted molar refractivity (Wildman–Crippen MR) is 94.1 cm³/mol. The molecule has 0 radical (unpaired) electrons. The molecule has 2 aromatic carbocycles. The van der Waals surface area contributed by atoms with Gasteiger partial charge in [-0.2, -0.15) is 0 Å². The number of non-ortho nitro benzene ring substituents is 1. The first-order chi connectivity index (χ1) is 12.3. The molecule has 7 nitrogen and oxygen atoms in total. The molecule has 0 heterocycles. The Hall–Kier alpha value is -3.48. The predicted octanol–water partition coefficient (Wildman–Crippen LogP) is 3.65. The normalized spacial score (nSPS) is 11.3. The lowest BCUT2D eigenvalue weighted by molar-refractivity contribution is -0.384. The molecule has 0 saturated heterocycles. The van der Waals surface area contributed by atoms with Crippen molar-refractivity contribution in [3.63, 3.8) is 0 Å². The SMILES string of the molecule is C=C(C(=O)c1ccc(OC)cc1)C(OC(C)=O)c1ccc([N+](=O)[O-])cc1. The minimum atomic E-state index is -1.04. The van der Waals surface area contributed by atoms with Crippen molar-refractivity contribution in [2.24, 2.45) is 0 Å². The van der Waals surface area contributed by atoms with E-state index in [1.54, 1.807) is 24.3 Å². The van der Waals surface area contributed by atoms with E-state index in [0.717, 1.165) is 0 Å². The first kappa shape index (κ1) is 18.9. The lowest BCUT2D eigenvalue weighted by atomic mass is 9.95. The molecule has 0 aliphatic heterocycles. The second-order valence-electron chi connectivity index (χ2n) is 5.42. The van der Waals surface area contributed by atoms with Crippen molar-refractivity contribution in [3.8, 4) is 5.75 Å². The van der Waals surface area contributed by atoms with Gasteiger partial charge in [0.05, 0.1) is 12.0 Å². The van der Waals surface area contributed by atoms with Crippen LogP contribution < -0.4 is 4.74 Å². The van der Waals surface area contributed by atoms with Crippen LogP contribution in [0.15, 0.2) is 60.7 Å². The minimum Gasteiger partial charge on any atom is -0.497 e. The molecule has 0 saturated carbocycles. The summed E-state index contributed by atoms with van der Waals surface area (Å²) in [7, 11) is 1.51. The number of Topliss-reactive ketones (excluding diaryl/α,β-unsaturated/α-hetero) is 1. The molecular formula is C19H17NO6. The van der Waals surface area contributed by atoms with Gasteiger partial charge >= 0.3 is 5.97 Å². The molecule has 2 aromatic rings. The minimum absolute atomic E-state index is 0.0409. The molecule has 1 atom stereocenters. The molecule has 0 spiro atoms. The van der Waals surface area contributed by atoms with E-state index >= 15 is 0 Å². The molecule has 0 N–H and O–H groups in total. The number of nitrogens with zero attached hydrogens (tertiary/aromatic N) is 1. The number of methoxy groups -OCH3 is 1. The Morgan fingerprint density at radius 1 is 1.08 bits per heavy atom. The molecule has 2 rings (SSSR count). The maximum Gasteiger partial charge on any atom is 0.303 e. The number of esters is 1. The molecule has 26 heavy (non-hydrogen) atoms. The average molecular weight is 355 g/mol. The average Bonchev–Trinajstić information content (AvgIpc) is 2.65. The fraction of sp³-hybridized carbons (Fsp3) is 0.158. The van der Waals surface area contributed by atoms with Gasteiger partial charge in [0.25, 0.3) is 5.69 Å². The van der Waals surface area contributed by atoms with Crippen molar-refractivity contribution in [2.45, 2.75) is 13.0 Å². The van der Waals surface area contributed by atoms with Gasteiger partial charge in [-0.25, -0.2) is 0 Å². The molecule has 7 heteroatoms. The lowest BCUT2D eigenvalue weighted by Gasteiger charge is -2.19. The summed E-state index contributed by atoms with van der Waals surface area (Å²) in [6.45, 7) is 4.98. The fourth-order valence-electron chi connectivity index (χ4n) is 2.32. The number of hydrogen-bond donors (Lipinski definition) is 0. The second-order valence-corrected chi connectivity index (χ2v) is 5.42. The van der Waals surface area contributed by atoms with E-state index in [1.807, 2.05) is 0 Å². The summed E-state index contributed by atoms with van der Waals surface area (Å²) in [6, 6.07) is 11.8. The number of hydrogen-bond acceptors (Lipinski definition) is 6. The third-order valence-corrected chi connectivity index (χ3v) is 3.65. The van der Waals surface area contributed by atoms with Gasteiger partial charge in [-0.1, -0.05) is 6.58 Å². The van der Waals surface area contributed by atoms with Crippen LogP contribution in [0.3, 0.4) is 0 Å². The van der Waals surface area contributed by atoms with Crippen LogP contribution in [0, 0.1) is 10.1 Å². The number of rotatable bonds is 7. The number of carbonyl (C=O) groups excluding carboxylic acids is 2. The summed E-state index contributed by atoms with van der Waals surface area (Å²) < 4.78 is 10.3. The first-order valence-corrected chi connectivity index (χ1v) is 7.62. The van der Waals surface area contributed by atoms with Crippen LogP contribution in [0.5, 0.6) is 5.75 Å². The van der Waals surface area contributed by atoms with Crippen molar-refractivity contribution < 1.29 is 24.0 Å². The van der Waals surface area contributed by atoms with Crippen LogP contribution in [-0.4, -0.2) is 23.8 Å². The molecular weight excluding hydrogens is 338 g/mol. The maximum atomic E-state index is 12.7. The Kier molecular flexibility index (Phi) is 5.85. The maximum absolute atomic E-state index is 12.7. The summed E-state index contributed by atoms with van der Waals surface area (Å²) in [5.74, 6) is -0.409. The van der Waals surface area contributed by atoms with Gasteiger partial charge in [-0.05, 0) is 42.0 Å². The van der Waals surface area contributed by atoms with E-state index in [0.29, 0.717) is 16.9 Å². The first-order valence-electron chi connectivity index (χ1n) is 7.62. The fourth-order valence-corrected chi connectivity index (χ4v) is 2.32. The van der Waals surface area contributed by atoms with E-state index in [9.17, 15) is 19.7 Å². The Labute approximate surface area is 150 Å². The number of nitro benzene ring substituents is 1.